The maximum atomic E-state index is 12.0. The Hall–Kier alpha value is -1.84. The largest absolute Gasteiger partial charge is 0.481 e. The molecule has 20 heavy (non-hydrogen) atoms. The van der Waals surface area contributed by atoms with Gasteiger partial charge in [0.1, 0.15) is 0 Å². The summed E-state index contributed by atoms with van der Waals surface area (Å²) in [7, 11) is 0. The van der Waals surface area contributed by atoms with Crippen molar-refractivity contribution in [1.29, 1.82) is 0 Å². The van der Waals surface area contributed by atoms with Crippen LogP contribution in [-0.2, 0) is 16.0 Å². The number of benzene rings is 1. The molecule has 0 unspecified atom stereocenters. The molecule has 1 aliphatic rings. The number of carbonyl (C=O) groups excluding carboxylic acids is 1. The van der Waals surface area contributed by atoms with Crippen LogP contribution in [0, 0.1) is 0 Å². The maximum absolute atomic E-state index is 12.0. The molecule has 0 fully saturated rings. The average molecular weight is 275 g/mol. The zero-order valence-corrected chi connectivity index (χ0v) is 11.7. The Kier molecular flexibility index (Phi) is 5.16. The molecule has 2 rings (SSSR count). The van der Waals surface area contributed by atoms with Crippen LogP contribution in [0.4, 0.5) is 5.69 Å². The molecule has 1 heterocycles. The zero-order valence-electron chi connectivity index (χ0n) is 11.7. The molecule has 1 aliphatic heterocycles. The molecule has 108 valence electrons. The van der Waals surface area contributed by atoms with Crippen LogP contribution in [0.5, 0.6) is 0 Å². The first-order valence-electron chi connectivity index (χ1n) is 7.28. The minimum absolute atomic E-state index is 0.203. The van der Waals surface area contributed by atoms with E-state index in [1.54, 1.807) is 0 Å². The van der Waals surface area contributed by atoms with Crippen LogP contribution >= 0.6 is 0 Å². The average Bonchev–Trinajstić information content (AvgIpc) is 2.44. The summed E-state index contributed by atoms with van der Waals surface area (Å²) in [4.78, 5) is 24.3. The molecular formula is C16H21NO3. The Bertz CT molecular complexity index is 484. The Morgan fingerprint density at radius 3 is 2.65 bits per heavy atom. The summed E-state index contributed by atoms with van der Waals surface area (Å²) in [6.45, 7) is 0.739. The lowest BCUT2D eigenvalue weighted by atomic mass is 10.0. The van der Waals surface area contributed by atoms with E-state index in [1.807, 2.05) is 23.1 Å². The number of hydrogen-bond acceptors (Lipinski definition) is 2. The van der Waals surface area contributed by atoms with Crippen molar-refractivity contribution in [2.75, 3.05) is 11.4 Å². The SMILES string of the molecule is O=C(O)CCCCCCN1C(=O)CCc2ccccc21. The van der Waals surface area contributed by atoms with Crippen molar-refractivity contribution in [2.45, 2.75) is 44.9 Å². The number of fused-ring (bicyclic) bond motifs is 1. The van der Waals surface area contributed by atoms with E-state index in [1.165, 1.54) is 5.56 Å². The first-order chi connectivity index (χ1) is 9.68. The third-order valence-corrected chi connectivity index (χ3v) is 3.71. The highest BCUT2D eigenvalue weighted by Gasteiger charge is 2.22. The van der Waals surface area contributed by atoms with Crippen molar-refractivity contribution < 1.29 is 14.7 Å². The second-order valence-electron chi connectivity index (χ2n) is 5.23. The monoisotopic (exact) mass is 275 g/mol. The molecule has 0 atom stereocenters. The molecule has 4 nitrogen and oxygen atoms in total. The number of anilines is 1. The Balaban J connectivity index is 1.80. The van der Waals surface area contributed by atoms with Gasteiger partial charge in [-0.25, -0.2) is 0 Å². The molecule has 1 amide bonds. The van der Waals surface area contributed by atoms with Crippen molar-refractivity contribution in [2.24, 2.45) is 0 Å². The Morgan fingerprint density at radius 1 is 1.10 bits per heavy atom. The number of unbranched alkanes of at least 4 members (excludes halogenated alkanes) is 3. The van der Waals surface area contributed by atoms with Gasteiger partial charge < -0.3 is 10.0 Å². The molecule has 1 aromatic carbocycles. The summed E-state index contributed by atoms with van der Waals surface area (Å²) in [6.07, 6.45) is 5.21. The molecular weight excluding hydrogens is 254 g/mol. The highest BCUT2D eigenvalue weighted by molar-refractivity contribution is 5.96. The zero-order chi connectivity index (χ0) is 14.4. The smallest absolute Gasteiger partial charge is 0.303 e. The van der Waals surface area contributed by atoms with E-state index < -0.39 is 5.97 Å². The highest BCUT2D eigenvalue weighted by atomic mass is 16.4. The minimum Gasteiger partial charge on any atom is -0.481 e. The summed E-state index contributed by atoms with van der Waals surface area (Å²) in [6, 6.07) is 8.08. The Morgan fingerprint density at radius 2 is 1.85 bits per heavy atom. The second kappa shape index (κ2) is 7.08. The number of nitrogens with zero attached hydrogens (tertiary/aromatic N) is 1. The lowest BCUT2D eigenvalue weighted by Gasteiger charge is -2.29. The summed E-state index contributed by atoms with van der Waals surface area (Å²) < 4.78 is 0. The van der Waals surface area contributed by atoms with Crippen LogP contribution in [-0.4, -0.2) is 23.5 Å². The molecule has 1 N–H and O–H groups in total. The quantitative estimate of drug-likeness (QED) is 0.778. The van der Waals surface area contributed by atoms with E-state index in [4.69, 9.17) is 5.11 Å². The minimum atomic E-state index is -0.731. The molecule has 0 saturated carbocycles. The Labute approximate surface area is 119 Å². The van der Waals surface area contributed by atoms with Crippen LogP contribution in [0.1, 0.15) is 44.1 Å². The number of carboxylic acid groups (broad SMARTS) is 1. The van der Waals surface area contributed by atoms with Crippen molar-refractivity contribution in [1.82, 2.24) is 0 Å². The summed E-state index contributed by atoms with van der Waals surface area (Å²) >= 11 is 0. The van der Waals surface area contributed by atoms with Crippen LogP contribution in [0.25, 0.3) is 0 Å². The number of aliphatic carboxylic acids is 1. The van der Waals surface area contributed by atoms with Gasteiger partial charge in [0.25, 0.3) is 0 Å². The maximum Gasteiger partial charge on any atom is 0.303 e. The van der Waals surface area contributed by atoms with E-state index >= 15 is 0 Å². The third kappa shape index (κ3) is 3.83. The van der Waals surface area contributed by atoms with E-state index in [9.17, 15) is 9.59 Å². The number of hydrogen-bond donors (Lipinski definition) is 1. The van der Waals surface area contributed by atoms with Crippen LogP contribution in [0.2, 0.25) is 0 Å². The molecule has 0 radical (unpaired) electrons. The molecule has 4 heteroatoms. The molecule has 1 aromatic rings. The number of carboxylic acids is 1. The summed E-state index contributed by atoms with van der Waals surface area (Å²) in [5.74, 6) is -0.528. The number of carbonyl (C=O) groups is 2. The van der Waals surface area contributed by atoms with E-state index in [2.05, 4.69) is 6.07 Å². The fourth-order valence-corrected chi connectivity index (χ4v) is 2.64. The second-order valence-corrected chi connectivity index (χ2v) is 5.23. The predicted octanol–water partition coefficient (Wildman–Crippen LogP) is 3.00. The molecule has 0 spiro atoms. The van der Waals surface area contributed by atoms with Crippen LogP contribution in [0.15, 0.2) is 24.3 Å². The number of amides is 1. The normalized spacial score (nSPS) is 14.2. The number of rotatable bonds is 7. The van der Waals surface area contributed by atoms with Gasteiger partial charge in [0.15, 0.2) is 0 Å². The van der Waals surface area contributed by atoms with Gasteiger partial charge in [-0.05, 0) is 30.9 Å². The predicted molar refractivity (Wildman–Crippen MR) is 77.8 cm³/mol. The lowest BCUT2D eigenvalue weighted by molar-refractivity contribution is -0.137. The first kappa shape index (κ1) is 14.6. The van der Waals surface area contributed by atoms with Gasteiger partial charge in [-0.15, -0.1) is 0 Å². The van der Waals surface area contributed by atoms with Gasteiger partial charge in [0, 0.05) is 25.1 Å². The first-order valence-corrected chi connectivity index (χ1v) is 7.28. The van der Waals surface area contributed by atoms with Gasteiger partial charge in [0.2, 0.25) is 5.91 Å². The van der Waals surface area contributed by atoms with Crippen LogP contribution in [0.3, 0.4) is 0 Å². The van der Waals surface area contributed by atoms with Crippen molar-refractivity contribution in [3.8, 4) is 0 Å². The highest BCUT2D eigenvalue weighted by Crippen LogP contribution is 2.27. The summed E-state index contributed by atoms with van der Waals surface area (Å²) in [5, 5.41) is 8.56. The van der Waals surface area contributed by atoms with Gasteiger partial charge in [-0.3, -0.25) is 9.59 Å². The third-order valence-electron chi connectivity index (χ3n) is 3.71. The van der Waals surface area contributed by atoms with Gasteiger partial charge in [0.05, 0.1) is 0 Å². The van der Waals surface area contributed by atoms with E-state index in [-0.39, 0.29) is 12.3 Å². The lowest BCUT2D eigenvalue weighted by Crippen LogP contribution is -2.35. The fraction of sp³-hybridized carbons (Fsp3) is 0.500. The van der Waals surface area contributed by atoms with E-state index in [0.29, 0.717) is 6.42 Å². The molecule has 0 bridgehead atoms. The van der Waals surface area contributed by atoms with Gasteiger partial charge in [-0.1, -0.05) is 31.0 Å². The molecule has 0 aliphatic carbocycles. The fourth-order valence-electron chi connectivity index (χ4n) is 2.64. The van der Waals surface area contributed by atoms with Crippen LogP contribution < -0.4 is 4.90 Å². The standard InChI is InChI=1S/C16H21NO3/c18-15-11-10-13-7-4-5-8-14(13)17(15)12-6-2-1-3-9-16(19)20/h4-5,7-8H,1-3,6,9-12H2,(H,19,20). The van der Waals surface area contributed by atoms with Crippen molar-refractivity contribution in [3.63, 3.8) is 0 Å². The molecule has 0 saturated heterocycles. The number of para-hydroxylation sites is 1. The van der Waals surface area contributed by atoms with Gasteiger partial charge >= 0.3 is 5.97 Å². The van der Waals surface area contributed by atoms with Gasteiger partial charge in [-0.2, -0.15) is 0 Å². The number of aryl methyl sites for hydroxylation is 1. The molecule has 0 aromatic heterocycles. The van der Waals surface area contributed by atoms with Crippen molar-refractivity contribution in [3.05, 3.63) is 29.8 Å². The van der Waals surface area contributed by atoms with Crippen molar-refractivity contribution >= 4 is 17.6 Å². The topological polar surface area (TPSA) is 57.6 Å². The van der Waals surface area contributed by atoms with E-state index in [0.717, 1.165) is 44.3 Å². The summed E-state index contributed by atoms with van der Waals surface area (Å²) in [5.41, 5.74) is 2.30.